The lowest BCUT2D eigenvalue weighted by atomic mass is 10.0. The number of nitrogens with one attached hydrogen (secondary N) is 2. The highest BCUT2D eigenvalue weighted by Crippen LogP contribution is 2.23. The van der Waals surface area contributed by atoms with Gasteiger partial charge in [-0.25, -0.2) is 0 Å². The third-order valence-electron chi connectivity index (χ3n) is 2.71. The Labute approximate surface area is 112 Å². The highest BCUT2D eigenvalue weighted by molar-refractivity contribution is 5.96. The average molecular weight is 264 g/mol. The minimum atomic E-state index is -0.915. The summed E-state index contributed by atoms with van der Waals surface area (Å²) in [5, 5.41) is 5.64. The molecule has 0 radical (unpaired) electrons. The van der Waals surface area contributed by atoms with Crippen molar-refractivity contribution >= 4 is 23.2 Å². The Kier molecular flexibility index (Phi) is 4.37. The van der Waals surface area contributed by atoms with Gasteiger partial charge in [0.1, 0.15) is 5.54 Å². The quantitative estimate of drug-likeness (QED) is 0.586. The summed E-state index contributed by atoms with van der Waals surface area (Å²) < 4.78 is 0. The van der Waals surface area contributed by atoms with E-state index in [0.29, 0.717) is 23.5 Å². The number of primary amides is 1. The van der Waals surface area contributed by atoms with Crippen molar-refractivity contribution in [2.24, 2.45) is 5.73 Å². The average Bonchev–Trinajstić information content (AvgIpc) is 2.31. The Morgan fingerprint density at radius 3 is 2.42 bits per heavy atom. The molecule has 0 heterocycles. The highest BCUT2D eigenvalue weighted by atomic mass is 16.2. The number of benzene rings is 1. The molecule has 0 aromatic heterocycles. The Morgan fingerprint density at radius 2 is 1.95 bits per heavy atom. The fourth-order valence-electron chi connectivity index (χ4n) is 1.48. The van der Waals surface area contributed by atoms with Crippen LogP contribution in [0.2, 0.25) is 0 Å². The summed E-state index contributed by atoms with van der Waals surface area (Å²) in [5.41, 5.74) is 11.7. The molecule has 0 aliphatic rings. The van der Waals surface area contributed by atoms with Gasteiger partial charge in [-0.3, -0.25) is 9.59 Å². The highest BCUT2D eigenvalue weighted by Gasteiger charge is 2.25. The van der Waals surface area contributed by atoms with E-state index in [-0.39, 0.29) is 5.91 Å². The Hall–Kier alpha value is -2.24. The summed E-state index contributed by atoms with van der Waals surface area (Å²) in [6.45, 7) is 5.71. The first kappa shape index (κ1) is 14.8. The molecular formula is C13H20N4O2. The predicted molar refractivity (Wildman–Crippen MR) is 75.8 cm³/mol. The fraction of sp³-hybridized carbons (Fsp3) is 0.385. The van der Waals surface area contributed by atoms with Gasteiger partial charge in [0.2, 0.25) is 5.91 Å². The molecular weight excluding hydrogens is 244 g/mol. The summed E-state index contributed by atoms with van der Waals surface area (Å²) in [7, 11) is 0. The van der Waals surface area contributed by atoms with Crippen LogP contribution < -0.4 is 22.1 Å². The molecule has 1 aromatic carbocycles. The lowest BCUT2D eigenvalue weighted by molar-refractivity contribution is -0.121. The molecule has 0 bridgehead atoms. The number of carbonyl (C=O) groups is 2. The van der Waals surface area contributed by atoms with Crippen LogP contribution in [0.5, 0.6) is 0 Å². The predicted octanol–water partition coefficient (Wildman–Crippen LogP) is 0.694. The molecule has 0 aliphatic carbocycles. The number of carbonyl (C=O) groups excluding carboxylic acids is 2. The zero-order chi connectivity index (χ0) is 14.6. The van der Waals surface area contributed by atoms with Crippen LogP contribution in [-0.4, -0.2) is 23.9 Å². The van der Waals surface area contributed by atoms with E-state index >= 15 is 0 Å². The first-order chi connectivity index (χ1) is 8.77. The number of nitrogens with two attached hydrogens (primary N) is 2. The summed E-state index contributed by atoms with van der Waals surface area (Å²) in [6.07, 6.45) is 0. The van der Waals surface area contributed by atoms with Crippen molar-refractivity contribution in [1.82, 2.24) is 5.32 Å². The molecule has 0 aliphatic heterocycles. The molecule has 104 valence electrons. The molecule has 0 fully saturated rings. The maximum Gasteiger partial charge on any atom is 0.251 e. The van der Waals surface area contributed by atoms with Gasteiger partial charge in [-0.05, 0) is 39.0 Å². The second kappa shape index (κ2) is 5.60. The van der Waals surface area contributed by atoms with E-state index in [2.05, 4.69) is 10.6 Å². The Morgan fingerprint density at radius 1 is 1.32 bits per heavy atom. The van der Waals surface area contributed by atoms with Crippen molar-refractivity contribution in [2.45, 2.75) is 26.3 Å². The lowest BCUT2D eigenvalue weighted by Gasteiger charge is -2.24. The van der Waals surface area contributed by atoms with Crippen LogP contribution in [0.4, 0.5) is 11.4 Å². The zero-order valence-corrected chi connectivity index (χ0v) is 11.4. The summed E-state index contributed by atoms with van der Waals surface area (Å²) in [6, 6.07) is 4.86. The van der Waals surface area contributed by atoms with E-state index in [9.17, 15) is 9.59 Å². The molecule has 6 N–H and O–H groups in total. The van der Waals surface area contributed by atoms with Crippen molar-refractivity contribution in [3.8, 4) is 0 Å². The second-order valence-corrected chi connectivity index (χ2v) is 4.78. The first-order valence-electron chi connectivity index (χ1n) is 6.03. The van der Waals surface area contributed by atoms with E-state index in [0.717, 1.165) is 0 Å². The van der Waals surface area contributed by atoms with E-state index in [1.165, 1.54) is 0 Å². The molecule has 1 rings (SSSR count). The van der Waals surface area contributed by atoms with E-state index in [1.54, 1.807) is 32.0 Å². The van der Waals surface area contributed by atoms with Crippen molar-refractivity contribution in [3.63, 3.8) is 0 Å². The summed E-state index contributed by atoms with van der Waals surface area (Å²) in [5.74, 6) is -0.672. The zero-order valence-electron chi connectivity index (χ0n) is 11.4. The van der Waals surface area contributed by atoms with Crippen molar-refractivity contribution in [2.75, 3.05) is 17.6 Å². The molecule has 1 aromatic rings. The van der Waals surface area contributed by atoms with Crippen LogP contribution in [0.15, 0.2) is 18.2 Å². The number of hydrogen-bond donors (Lipinski definition) is 4. The van der Waals surface area contributed by atoms with Gasteiger partial charge in [0.05, 0.1) is 11.4 Å². The lowest BCUT2D eigenvalue weighted by Crippen LogP contribution is -2.45. The van der Waals surface area contributed by atoms with E-state index in [4.69, 9.17) is 11.5 Å². The van der Waals surface area contributed by atoms with Gasteiger partial charge >= 0.3 is 0 Å². The third kappa shape index (κ3) is 3.61. The van der Waals surface area contributed by atoms with Gasteiger partial charge in [0, 0.05) is 12.1 Å². The minimum absolute atomic E-state index is 0.185. The normalized spacial score (nSPS) is 10.9. The Balaban J connectivity index is 2.95. The van der Waals surface area contributed by atoms with Crippen LogP contribution in [-0.2, 0) is 4.79 Å². The van der Waals surface area contributed by atoms with Gasteiger partial charge in [-0.15, -0.1) is 0 Å². The minimum Gasteiger partial charge on any atom is -0.397 e. The standard InChI is InChI=1S/C13H20N4O2/c1-4-16-11(18)8-5-6-10(9(14)7-8)17-13(2,3)12(15)19/h5-7,17H,4,14H2,1-3H3,(H2,15,19)(H,16,18). The number of hydrogen-bond acceptors (Lipinski definition) is 4. The molecule has 6 nitrogen and oxygen atoms in total. The summed E-state index contributed by atoms with van der Waals surface area (Å²) in [4.78, 5) is 22.9. The van der Waals surface area contributed by atoms with Gasteiger partial charge in [-0.2, -0.15) is 0 Å². The molecule has 0 atom stereocenters. The molecule has 0 saturated heterocycles. The van der Waals surface area contributed by atoms with Gasteiger partial charge in [-0.1, -0.05) is 0 Å². The number of amides is 2. The molecule has 6 heteroatoms. The molecule has 2 amide bonds. The van der Waals surface area contributed by atoms with Gasteiger partial charge in [0.25, 0.3) is 5.91 Å². The second-order valence-electron chi connectivity index (χ2n) is 4.78. The monoisotopic (exact) mass is 264 g/mol. The smallest absolute Gasteiger partial charge is 0.251 e. The topological polar surface area (TPSA) is 110 Å². The van der Waals surface area contributed by atoms with E-state index in [1.807, 2.05) is 6.92 Å². The maximum atomic E-state index is 11.6. The number of nitrogen functional groups attached to an aromatic ring is 1. The third-order valence-corrected chi connectivity index (χ3v) is 2.71. The van der Waals surface area contributed by atoms with Crippen LogP contribution in [0, 0.1) is 0 Å². The number of rotatable bonds is 5. The van der Waals surface area contributed by atoms with Crippen LogP contribution in [0.3, 0.4) is 0 Å². The van der Waals surface area contributed by atoms with Crippen molar-refractivity contribution in [3.05, 3.63) is 23.8 Å². The van der Waals surface area contributed by atoms with Gasteiger partial charge in [0.15, 0.2) is 0 Å². The SMILES string of the molecule is CCNC(=O)c1ccc(NC(C)(C)C(N)=O)c(N)c1. The molecule has 0 spiro atoms. The maximum absolute atomic E-state index is 11.6. The summed E-state index contributed by atoms with van der Waals surface area (Å²) >= 11 is 0. The van der Waals surface area contributed by atoms with Crippen LogP contribution >= 0.6 is 0 Å². The first-order valence-corrected chi connectivity index (χ1v) is 6.03. The van der Waals surface area contributed by atoms with Crippen molar-refractivity contribution < 1.29 is 9.59 Å². The Bertz CT molecular complexity index is 497. The van der Waals surface area contributed by atoms with Crippen molar-refractivity contribution in [1.29, 1.82) is 0 Å². The molecule has 19 heavy (non-hydrogen) atoms. The largest absolute Gasteiger partial charge is 0.397 e. The van der Waals surface area contributed by atoms with E-state index < -0.39 is 11.4 Å². The van der Waals surface area contributed by atoms with Crippen LogP contribution in [0.25, 0.3) is 0 Å². The molecule has 0 saturated carbocycles. The fourth-order valence-corrected chi connectivity index (χ4v) is 1.48. The molecule has 0 unspecified atom stereocenters. The number of anilines is 2. The van der Waals surface area contributed by atoms with Gasteiger partial charge < -0.3 is 22.1 Å². The van der Waals surface area contributed by atoms with Crippen LogP contribution in [0.1, 0.15) is 31.1 Å².